The molecule has 0 heterocycles. The molecule has 0 unspecified atom stereocenters. The summed E-state index contributed by atoms with van der Waals surface area (Å²) in [6.45, 7) is 4.50. The maximum absolute atomic E-state index is 6.61. The molecule has 0 spiro atoms. The van der Waals surface area contributed by atoms with Crippen molar-refractivity contribution in [3.8, 4) is 0 Å². The highest BCUT2D eigenvalue weighted by Crippen LogP contribution is 2.36. The molecule has 0 amide bonds. The summed E-state index contributed by atoms with van der Waals surface area (Å²) in [7, 11) is 0. The Morgan fingerprint density at radius 3 is 2.27 bits per heavy atom. The molecule has 0 radical (unpaired) electrons. The van der Waals surface area contributed by atoms with E-state index < -0.39 is 0 Å². The first-order valence-electron chi connectivity index (χ1n) is 10.5. The number of hydrogen-bond acceptors (Lipinski definition) is 1. The number of halogens is 2. The van der Waals surface area contributed by atoms with E-state index in [1.807, 2.05) is 0 Å². The molecule has 0 aliphatic heterocycles. The molecule has 1 aromatic carbocycles. The summed E-state index contributed by atoms with van der Waals surface area (Å²) in [5, 5.41) is 0.966. The molecule has 3 rings (SSSR count). The van der Waals surface area contributed by atoms with Gasteiger partial charge in [-0.1, -0.05) is 81.3 Å². The molecule has 1 aromatic rings. The average molecular weight is 396 g/mol. The average Bonchev–Trinajstić information content (AvgIpc) is 2.67. The van der Waals surface area contributed by atoms with Crippen LogP contribution < -0.4 is 0 Å². The smallest absolute Gasteiger partial charge is 0.0446 e. The molecule has 2 aliphatic carbocycles. The number of hydrogen-bond donors (Lipinski definition) is 0. The molecule has 146 valence electrons. The Bertz CT molecular complexity index is 557. The molecule has 0 atom stereocenters. The molecule has 0 bridgehead atoms. The van der Waals surface area contributed by atoms with E-state index in [9.17, 15) is 0 Å². The SMILES string of the molecule is CCN(C/C=C/c1ccc(C2CCCCC2)c(Cl)c1)C1CCCCC1.Cl. The van der Waals surface area contributed by atoms with E-state index in [4.69, 9.17) is 11.6 Å². The molecular weight excluding hydrogens is 361 g/mol. The molecule has 2 aliphatic rings. The second kappa shape index (κ2) is 11.4. The largest absolute Gasteiger partial charge is 0.297 e. The normalized spacial score (nSPS) is 19.8. The Morgan fingerprint density at radius 2 is 1.65 bits per heavy atom. The van der Waals surface area contributed by atoms with Crippen molar-refractivity contribution in [3.63, 3.8) is 0 Å². The van der Waals surface area contributed by atoms with Crippen LogP contribution in [0.3, 0.4) is 0 Å². The van der Waals surface area contributed by atoms with Crippen LogP contribution in [0, 0.1) is 0 Å². The lowest BCUT2D eigenvalue weighted by molar-refractivity contribution is 0.181. The van der Waals surface area contributed by atoms with E-state index in [1.165, 1.54) is 75.3 Å². The van der Waals surface area contributed by atoms with Gasteiger partial charge in [-0.3, -0.25) is 4.90 Å². The molecule has 0 N–H and O–H groups in total. The number of likely N-dealkylation sites (N-methyl/N-ethyl adjacent to an activating group) is 1. The van der Waals surface area contributed by atoms with Gasteiger partial charge in [0.15, 0.2) is 0 Å². The van der Waals surface area contributed by atoms with E-state index in [0.29, 0.717) is 5.92 Å². The first kappa shape index (κ1) is 21.8. The fraction of sp³-hybridized carbons (Fsp3) is 0.652. The zero-order chi connectivity index (χ0) is 17.5. The zero-order valence-electron chi connectivity index (χ0n) is 16.3. The van der Waals surface area contributed by atoms with Gasteiger partial charge >= 0.3 is 0 Å². The molecule has 1 nitrogen and oxygen atoms in total. The number of benzene rings is 1. The first-order chi connectivity index (χ1) is 12.3. The van der Waals surface area contributed by atoms with Gasteiger partial charge in [-0.2, -0.15) is 0 Å². The van der Waals surface area contributed by atoms with Gasteiger partial charge in [-0.25, -0.2) is 0 Å². The van der Waals surface area contributed by atoms with Crippen molar-refractivity contribution in [2.45, 2.75) is 83.1 Å². The van der Waals surface area contributed by atoms with Crippen LogP contribution in [0.5, 0.6) is 0 Å². The molecular formula is C23H35Cl2N. The van der Waals surface area contributed by atoms with Gasteiger partial charge < -0.3 is 0 Å². The van der Waals surface area contributed by atoms with Crippen LogP contribution in [-0.2, 0) is 0 Å². The fourth-order valence-electron chi connectivity index (χ4n) is 4.70. The van der Waals surface area contributed by atoms with Gasteiger partial charge in [0.2, 0.25) is 0 Å². The van der Waals surface area contributed by atoms with Gasteiger partial charge in [-0.05, 0) is 55.3 Å². The van der Waals surface area contributed by atoms with Crippen molar-refractivity contribution >= 4 is 30.1 Å². The number of rotatable bonds is 6. The van der Waals surface area contributed by atoms with Crippen LogP contribution >= 0.6 is 24.0 Å². The van der Waals surface area contributed by atoms with Crippen molar-refractivity contribution in [3.05, 3.63) is 40.4 Å². The van der Waals surface area contributed by atoms with E-state index >= 15 is 0 Å². The van der Waals surface area contributed by atoms with Gasteiger partial charge in [-0.15, -0.1) is 12.4 Å². The lowest BCUT2D eigenvalue weighted by Crippen LogP contribution is -2.36. The van der Waals surface area contributed by atoms with Crippen molar-refractivity contribution in [2.75, 3.05) is 13.1 Å². The van der Waals surface area contributed by atoms with Crippen molar-refractivity contribution in [1.29, 1.82) is 0 Å². The lowest BCUT2D eigenvalue weighted by Gasteiger charge is -2.32. The standard InChI is InChI=1S/C23H34ClN.ClH/c1-2-25(21-13-7-4-8-14-21)17-9-10-19-15-16-22(23(24)18-19)20-11-5-3-6-12-20;/h9-10,15-16,18,20-21H,2-8,11-14,17H2,1H3;1H/b10-9+;. The van der Waals surface area contributed by atoms with Gasteiger partial charge in [0, 0.05) is 17.6 Å². The third-order valence-electron chi connectivity index (χ3n) is 6.22. The minimum absolute atomic E-state index is 0. The highest BCUT2D eigenvalue weighted by molar-refractivity contribution is 6.31. The first-order valence-corrected chi connectivity index (χ1v) is 10.9. The Kier molecular flexibility index (Phi) is 9.53. The van der Waals surface area contributed by atoms with Crippen LogP contribution in [0.25, 0.3) is 6.08 Å². The van der Waals surface area contributed by atoms with Crippen molar-refractivity contribution < 1.29 is 0 Å². The fourth-order valence-corrected chi connectivity index (χ4v) is 5.04. The van der Waals surface area contributed by atoms with E-state index in [1.54, 1.807) is 0 Å². The minimum atomic E-state index is 0. The molecule has 26 heavy (non-hydrogen) atoms. The quantitative estimate of drug-likeness (QED) is 0.482. The summed E-state index contributed by atoms with van der Waals surface area (Å²) in [4.78, 5) is 2.63. The van der Waals surface area contributed by atoms with Crippen LogP contribution in [0.15, 0.2) is 24.3 Å². The molecule has 0 saturated heterocycles. The second-order valence-corrected chi connectivity index (χ2v) is 8.30. The third kappa shape index (κ3) is 6.01. The summed E-state index contributed by atoms with van der Waals surface area (Å²) in [5.41, 5.74) is 2.61. The monoisotopic (exact) mass is 395 g/mol. The predicted molar refractivity (Wildman–Crippen MR) is 118 cm³/mol. The summed E-state index contributed by atoms with van der Waals surface area (Å²) >= 11 is 6.61. The van der Waals surface area contributed by atoms with Crippen molar-refractivity contribution in [1.82, 2.24) is 4.90 Å². The second-order valence-electron chi connectivity index (χ2n) is 7.90. The third-order valence-corrected chi connectivity index (χ3v) is 6.54. The molecule has 2 fully saturated rings. The maximum Gasteiger partial charge on any atom is 0.0446 e. The lowest BCUT2D eigenvalue weighted by atomic mass is 9.84. The van der Waals surface area contributed by atoms with Gasteiger partial charge in [0.25, 0.3) is 0 Å². The molecule has 0 aromatic heterocycles. The predicted octanol–water partition coefficient (Wildman–Crippen LogP) is 7.48. The van der Waals surface area contributed by atoms with Crippen LogP contribution in [0.1, 0.15) is 88.2 Å². The summed E-state index contributed by atoms with van der Waals surface area (Å²) in [6.07, 6.45) is 18.3. The molecule has 3 heteroatoms. The van der Waals surface area contributed by atoms with E-state index in [2.05, 4.69) is 42.2 Å². The van der Waals surface area contributed by atoms with Crippen molar-refractivity contribution in [2.24, 2.45) is 0 Å². The summed E-state index contributed by atoms with van der Waals surface area (Å²) < 4.78 is 0. The van der Waals surface area contributed by atoms with Crippen LogP contribution in [0.2, 0.25) is 5.02 Å². The van der Waals surface area contributed by atoms with Crippen LogP contribution in [-0.4, -0.2) is 24.0 Å². The topological polar surface area (TPSA) is 3.24 Å². The summed E-state index contributed by atoms with van der Waals surface area (Å²) in [6, 6.07) is 7.49. The highest BCUT2D eigenvalue weighted by atomic mass is 35.5. The van der Waals surface area contributed by atoms with Gasteiger partial charge in [0.05, 0.1) is 0 Å². The van der Waals surface area contributed by atoms with E-state index in [-0.39, 0.29) is 12.4 Å². The maximum atomic E-state index is 6.61. The minimum Gasteiger partial charge on any atom is -0.297 e. The van der Waals surface area contributed by atoms with Crippen LogP contribution in [0.4, 0.5) is 0 Å². The zero-order valence-corrected chi connectivity index (χ0v) is 17.8. The Morgan fingerprint density at radius 1 is 1.00 bits per heavy atom. The Balaban J connectivity index is 0.00000243. The Labute approximate surface area is 171 Å². The summed E-state index contributed by atoms with van der Waals surface area (Å²) in [5.74, 6) is 0.682. The number of nitrogens with zero attached hydrogens (tertiary/aromatic N) is 1. The Hall–Kier alpha value is -0.500. The molecule has 2 saturated carbocycles. The highest BCUT2D eigenvalue weighted by Gasteiger charge is 2.19. The van der Waals surface area contributed by atoms with Gasteiger partial charge in [0.1, 0.15) is 0 Å². The van der Waals surface area contributed by atoms with E-state index in [0.717, 1.165) is 24.2 Å².